The number of ether oxygens (including phenoxy) is 1. The molecule has 208 valence electrons. The zero-order valence-corrected chi connectivity index (χ0v) is 24.2. The summed E-state index contributed by atoms with van der Waals surface area (Å²) in [6, 6.07) is 3.45. The summed E-state index contributed by atoms with van der Waals surface area (Å²) >= 11 is 0. The smallest absolute Gasteiger partial charge is 0.408 e. The zero-order chi connectivity index (χ0) is 28.7. The maximum Gasteiger partial charge on any atom is 0.408 e. The Kier molecular flexibility index (Phi) is 11.2. The molecule has 0 aliphatic carbocycles. The van der Waals surface area contributed by atoms with E-state index in [0.717, 1.165) is 16.7 Å². The number of aryl methyl sites for hydroxylation is 2. The maximum atomic E-state index is 14.3. The molecule has 2 atom stereocenters. The van der Waals surface area contributed by atoms with E-state index in [1.807, 2.05) is 66.7 Å². The zero-order valence-electron chi connectivity index (χ0n) is 24.2. The maximum absolute atomic E-state index is 14.3. The number of carbonyl (C=O) groups excluding carboxylic acids is 4. The summed E-state index contributed by atoms with van der Waals surface area (Å²) in [5, 5.41) is 5.60. The second kappa shape index (κ2) is 12.9. The number of nitrogens with zero attached hydrogens (tertiary/aromatic N) is 1. The molecule has 0 bridgehead atoms. The van der Waals surface area contributed by atoms with E-state index < -0.39 is 41.1 Å². The Morgan fingerprint density at radius 3 is 1.97 bits per heavy atom. The van der Waals surface area contributed by atoms with Crippen LogP contribution in [0.25, 0.3) is 0 Å². The lowest BCUT2D eigenvalue weighted by molar-refractivity contribution is -0.149. The molecule has 9 heteroatoms. The summed E-state index contributed by atoms with van der Waals surface area (Å²) in [5.41, 5.74) is 6.26. The molecule has 0 aliphatic heterocycles. The lowest BCUT2D eigenvalue weighted by Crippen LogP contribution is -2.60. The van der Waals surface area contributed by atoms with Gasteiger partial charge in [-0.1, -0.05) is 25.1 Å². The first-order valence-corrected chi connectivity index (χ1v) is 12.9. The van der Waals surface area contributed by atoms with Crippen LogP contribution in [0.15, 0.2) is 18.2 Å². The normalized spacial score (nSPS) is 13.5. The van der Waals surface area contributed by atoms with Crippen molar-refractivity contribution in [3.05, 3.63) is 34.9 Å². The van der Waals surface area contributed by atoms with E-state index in [0.29, 0.717) is 6.42 Å². The standard InChI is InChI=1S/C28H46N4O5/c1-11-28(9,10)32(23(24(34)30-17(2)3)22-18(4)13-12-14-19(22)5)25(35)20(15-16-21(29)33)31-26(36)37-27(6,7)8/h12-14,17,20,23H,11,15-16H2,1-10H3,(H2,29,33)(H,30,34)(H,31,36). The second-order valence-electron chi connectivity index (χ2n) is 11.4. The van der Waals surface area contributed by atoms with Crippen molar-refractivity contribution >= 4 is 23.8 Å². The molecule has 0 radical (unpaired) electrons. The third-order valence-electron chi connectivity index (χ3n) is 6.18. The average Bonchev–Trinajstić information content (AvgIpc) is 2.73. The molecule has 0 spiro atoms. The van der Waals surface area contributed by atoms with Crippen LogP contribution in [0.2, 0.25) is 0 Å². The Balaban J connectivity index is 3.75. The quantitative estimate of drug-likeness (QED) is 0.407. The van der Waals surface area contributed by atoms with E-state index in [1.54, 1.807) is 25.7 Å². The molecule has 0 aliphatic rings. The molecule has 0 aromatic heterocycles. The van der Waals surface area contributed by atoms with E-state index in [9.17, 15) is 19.2 Å². The number of alkyl carbamates (subject to hydrolysis) is 1. The first kappa shape index (κ1) is 31.9. The van der Waals surface area contributed by atoms with Gasteiger partial charge >= 0.3 is 6.09 Å². The number of nitrogens with one attached hydrogen (secondary N) is 2. The van der Waals surface area contributed by atoms with Crippen LogP contribution in [0.5, 0.6) is 0 Å². The van der Waals surface area contributed by atoms with Gasteiger partial charge in [0.15, 0.2) is 0 Å². The highest BCUT2D eigenvalue weighted by Gasteiger charge is 2.44. The van der Waals surface area contributed by atoms with Crippen molar-refractivity contribution in [1.29, 1.82) is 0 Å². The van der Waals surface area contributed by atoms with Gasteiger partial charge in [0.05, 0.1) is 0 Å². The molecular weight excluding hydrogens is 472 g/mol. The fourth-order valence-electron chi connectivity index (χ4n) is 4.11. The van der Waals surface area contributed by atoms with E-state index in [1.165, 1.54) is 0 Å². The Morgan fingerprint density at radius 1 is 1.00 bits per heavy atom. The van der Waals surface area contributed by atoms with Gasteiger partial charge in [0.2, 0.25) is 17.7 Å². The van der Waals surface area contributed by atoms with Gasteiger partial charge in [-0.2, -0.15) is 0 Å². The minimum absolute atomic E-state index is 0.0328. The van der Waals surface area contributed by atoms with Gasteiger partial charge < -0.3 is 26.0 Å². The first-order valence-electron chi connectivity index (χ1n) is 12.9. The number of rotatable bonds is 11. The highest BCUT2D eigenvalue weighted by Crippen LogP contribution is 2.35. The van der Waals surface area contributed by atoms with Crippen LogP contribution >= 0.6 is 0 Å². The van der Waals surface area contributed by atoms with Gasteiger partial charge in [-0.15, -0.1) is 0 Å². The number of nitrogens with two attached hydrogens (primary N) is 1. The van der Waals surface area contributed by atoms with Crippen molar-refractivity contribution < 1.29 is 23.9 Å². The van der Waals surface area contributed by atoms with Crippen molar-refractivity contribution in [2.24, 2.45) is 5.73 Å². The highest BCUT2D eigenvalue weighted by molar-refractivity contribution is 5.93. The number of carbonyl (C=O) groups is 4. The van der Waals surface area contributed by atoms with Gasteiger partial charge in [0, 0.05) is 18.0 Å². The summed E-state index contributed by atoms with van der Waals surface area (Å²) in [7, 11) is 0. The van der Waals surface area contributed by atoms with Crippen molar-refractivity contribution in [1.82, 2.24) is 15.5 Å². The number of hydrogen-bond acceptors (Lipinski definition) is 5. The van der Waals surface area contributed by atoms with Crippen molar-refractivity contribution in [3.63, 3.8) is 0 Å². The van der Waals surface area contributed by atoms with Crippen molar-refractivity contribution in [3.8, 4) is 0 Å². The molecule has 4 N–H and O–H groups in total. The van der Waals surface area contributed by atoms with E-state index in [4.69, 9.17) is 10.5 Å². The molecule has 2 unspecified atom stereocenters. The lowest BCUT2D eigenvalue weighted by Gasteiger charge is -2.45. The summed E-state index contributed by atoms with van der Waals surface area (Å²) in [6.07, 6.45) is -0.419. The van der Waals surface area contributed by atoms with Gasteiger partial charge in [-0.05, 0) is 91.8 Å². The fourth-order valence-corrected chi connectivity index (χ4v) is 4.11. The van der Waals surface area contributed by atoms with Crippen LogP contribution in [-0.4, -0.2) is 51.9 Å². The van der Waals surface area contributed by atoms with E-state index >= 15 is 0 Å². The Labute approximate surface area is 221 Å². The molecule has 1 aromatic carbocycles. The van der Waals surface area contributed by atoms with E-state index in [2.05, 4.69) is 10.6 Å². The minimum Gasteiger partial charge on any atom is -0.444 e. The Morgan fingerprint density at radius 2 is 1.54 bits per heavy atom. The van der Waals surface area contributed by atoms with E-state index in [-0.39, 0.29) is 24.8 Å². The van der Waals surface area contributed by atoms with Gasteiger partial charge in [-0.25, -0.2) is 4.79 Å². The summed E-state index contributed by atoms with van der Waals surface area (Å²) in [5.74, 6) is -1.42. The molecule has 1 rings (SSSR count). The molecule has 9 nitrogen and oxygen atoms in total. The molecule has 0 saturated carbocycles. The van der Waals surface area contributed by atoms with Crippen LogP contribution in [0.1, 0.15) is 97.4 Å². The van der Waals surface area contributed by atoms with Crippen LogP contribution in [0.4, 0.5) is 4.79 Å². The topological polar surface area (TPSA) is 131 Å². The van der Waals surface area contributed by atoms with Crippen LogP contribution in [0.3, 0.4) is 0 Å². The van der Waals surface area contributed by atoms with Gasteiger partial charge in [0.25, 0.3) is 0 Å². The third kappa shape index (κ3) is 9.37. The largest absolute Gasteiger partial charge is 0.444 e. The molecular formula is C28H46N4O5. The summed E-state index contributed by atoms with van der Waals surface area (Å²) in [4.78, 5) is 53.9. The number of hydrogen-bond donors (Lipinski definition) is 3. The molecule has 37 heavy (non-hydrogen) atoms. The summed E-state index contributed by atoms with van der Waals surface area (Å²) in [6.45, 7) is 18.4. The second-order valence-corrected chi connectivity index (χ2v) is 11.4. The van der Waals surface area contributed by atoms with Crippen molar-refractivity contribution in [2.45, 2.75) is 118 Å². The molecule has 4 amide bonds. The van der Waals surface area contributed by atoms with Crippen LogP contribution < -0.4 is 16.4 Å². The Bertz CT molecular complexity index is 961. The highest BCUT2D eigenvalue weighted by atomic mass is 16.6. The monoisotopic (exact) mass is 518 g/mol. The van der Waals surface area contributed by atoms with Gasteiger partial charge in [0.1, 0.15) is 17.7 Å². The fraction of sp³-hybridized carbons (Fsp3) is 0.643. The Hall–Kier alpha value is -3.10. The van der Waals surface area contributed by atoms with Crippen molar-refractivity contribution in [2.75, 3.05) is 0 Å². The molecule has 0 fully saturated rings. The SMILES string of the molecule is CCC(C)(C)N(C(=O)C(CCC(N)=O)NC(=O)OC(C)(C)C)C(C(=O)NC(C)C)c1c(C)cccc1C. The number of benzene rings is 1. The molecule has 0 heterocycles. The van der Waals surface area contributed by atoms with Gasteiger partial charge in [-0.3, -0.25) is 14.4 Å². The molecule has 1 aromatic rings. The number of primary amides is 1. The van der Waals surface area contributed by atoms with Crippen LogP contribution in [-0.2, 0) is 19.1 Å². The predicted octanol–water partition coefficient (Wildman–Crippen LogP) is 4.05. The number of amides is 4. The lowest BCUT2D eigenvalue weighted by atomic mass is 9.88. The molecule has 0 saturated heterocycles. The minimum atomic E-state index is -1.13. The third-order valence-corrected chi connectivity index (χ3v) is 6.18. The van der Waals surface area contributed by atoms with Crippen LogP contribution in [0, 0.1) is 13.8 Å². The predicted molar refractivity (Wildman–Crippen MR) is 145 cm³/mol. The first-order chi connectivity index (χ1) is 16.9. The summed E-state index contributed by atoms with van der Waals surface area (Å²) < 4.78 is 5.38. The average molecular weight is 519 g/mol.